The Kier molecular flexibility index (Phi) is 8.29. The second-order valence-electron chi connectivity index (χ2n) is 10.2. The van der Waals surface area contributed by atoms with E-state index in [0.29, 0.717) is 17.4 Å². The van der Waals surface area contributed by atoms with Gasteiger partial charge in [-0.15, -0.1) is 11.8 Å². The molecule has 0 saturated heterocycles. The standard InChI is InChI=1S/C29H38N4OS/c34-28(33-29-30-16-6-17-31-29)23-14-15-27(26(19-23)22-12-13-22)32-24-10-4-11-25(20-24)35-18-5-9-21-7-2-1-3-8-21/h4,10-11,14-15,19-22,32H,1-3,5-9,12-13,16-18H2,(H2,30,31,33,34). The van der Waals surface area contributed by atoms with E-state index in [-0.39, 0.29) is 5.91 Å². The Morgan fingerprint density at radius 1 is 1.03 bits per heavy atom. The summed E-state index contributed by atoms with van der Waals surface area (Å²) in [5.41, 5.74) is 4.15. The molecule has 186 valence electrons. The van der Waals surface area contributed by atoms with Crippen LogP contribution in [0.15, 0.2) is 52.4 Å². The van der Waals surface area contributed by atoms with Crippen LogP contribution >= 0.6 is 11.8 Å². The fourth-order valence-electron chi connectivity index (χ4n) is 5.20. The molecule has 1 heterocycles. The third kappa shape index (κ3) is 7.03. The van der Waals surface area contributed by atoms with Crippen molar-refractivity contribution in [1.29, 1.82) is 0 Å². The predicted molar refractivity (Wildman–Crippen MR) is 147 cm³/mol. The molecule has 3 aliphatic rings. The number of benzene rings is 2. The first kappa shape index (κ1) is 24.2. The van der Waals surface area contributed by atoms with Gasteiger partial charge in [0, 0.05) is 34.9 Å². The first-order chi connectivity index (χ1) is 17.2. The molecule has 2 aromatic rings. The summed E-state index contributed by atoms with van der Waals surface area (Å²) in [6.45, 7) is 1.61. The topological polar surface area (TPSA) is 65.5 Å². The van der Waals surface area contributed by atoms with Crippen molar-refractivity contribution in [3.8, 4) is 0 Å². The zero-order chi connectivity index (χ0) is 23.9. The highest BCUT2D eigenvalue weighted by atomic mass is 32.2. The van der Waals surface area contributed by atoms with E-state index in [0.717, 1.165) is 36.8 Å². The molecule has 0 radical (unpaired) electrons. The lowest BCUT2D eigenvalue weighted by atomic mass is 9.86. The fourth-order valence-corrected chi connectivity index (χ4v) is 6.13. The van der Waals surface area contributed by atoms with Crippen molar-refractivity contribution in [1.82, 2.24) is 10.6 Å². The fraction of sp³-hybridized carbons (Fsp3) is 0.517. The summed E-state index contributed by atoms with van der Waals surface area (Å²) >= 11 is 1.97. The first-order valence-electron chi connectivity index (χ1n) is 13.5. The van der Waals surface area contributed by atoms with E-state index in [9.17, 15) is 4.79 Å². The number of anilines is 2. The Labute approximate surface area is 214 Å². The van der Waals surface area contributed by atoms with Gasteiger partial charge in [0.2, 0.25) is 0 Å². The van der Waals surface area contributed by atoms with E-state index in [1.165, 1.54) is 74.0 Å². The zero-order valence-corrected chi connectivity index (χ0v) is 21.5. The molecule has 35 heavy (non-hydrogen) atoms. The quantitative estimate of drug-likeness (QED) is 0.266. The lowest BCUT2D eigenvalue weighted by molar-refractivity contribution is 0.0975. The highest BCUT2D eigenvalue weighted by Crippen LogP contribution is 2.44. The van der Waals surface area contributed by atoms with Crippen molar-refractivity contribution in [3.05, 3.63) is 53.6 Å². The van der Waals surface area contributed by atoms with E-state index in [1.807, 2.05) is 17.8 Å². The number of hydrogen-bond donors (Lipinski definition) is 3. The van der Waals surface area contributed by atoms with Gasteiger partial charge in [-0.05, 0) is 91.7 Å². The second-order valence-corrected chi connectivity index (χ2v) is 11.4. The van der Waals surface area contributed by atoms with Gasteiger partial charge in [0.1, 0.15) is 0 Å². The summed E-state index contributed by atoms with van der Waals surface area (Å²) in [6, 6.07) is 14.8. The van der Waals surface area contributed by atoms with Crippen LogP contribution in [0.25, 0.3) is 0 Å². The number of carbonyl (C=O) groups excluding carboxylic acids is 1. The normalized spacial score (nSPS) is 18.5. The Morgan fingerprint density at radius 3 is 2.71 bits per heavy atom. The van der Waals surface area contributed by atoms with Gasteiger partial charge in [-0.3, -0.25) is 15.1 Å². The van der Waals surface area contributed by atoms with E-state index >= 15 is 0 Å². The maximum Gasteiger partial charge on any atom is 0.257 e. The smallest absolute Gasteiger partial charge is 0.257 e. The zero-order valence-electron chi connectivity index (χ0n) is 20.7. The summed E-state index contributed by atoms with van der Waals surface area (Å²) in [6.07, 6.45) is 13.3. The lowest BCUT2D eigenvalue weighted by Crippen LogP contribution is -2.43. The summed E-state index contributed by atoms with van der Waals surface area (Å²) in [5, 5.41) is 9.72. The minimum absolute atomic E-state index is 0.0989. The highest BCUT2D eigenvalue weighted by Gasteiger charge is 2.27. The predicted octanol–water partition coefficient (Wildman–Crippen LogP) is 6.84. The van der Waals surface area contributed by atoms with E-state index in [2.05, 4.69) is 57.3 Å². The average molecular weight is 491 g/mol. The number of nitrogens with zero attached hydrogens (tertiary/aromatic N) is 1. The van der Waals surface area contributed by atoms with Gasteiger partial charge in [-0.25, -0.2) is 0 Å². The summed E-state index contributed by atoms with van der Waals surface area (Å²) < 4.78 is 0. The van der Waals surface area contributed by atoms with Gasteiger partial charge in [-0.1, -0.05) is 38.2 Å². The molecule has 3 N–H and O–H groups in total. The van der Waals surface area contributed by atoms with Crippen LogP contribution in [0, 0.1) is 5.92 Å². The number of hydrogen-bond acceptors (Lipinski definition) is 5. The third-order valence-electron chi connectivity index (χ3n) is 7.32. The van der Waals surface area contributed by atoms with Crippen molar-refractivity contribution in [2.45, 2.75) is 75.0 Å². The molecule has 2 aromatic carbocycles. The van der Waals surface area contributed by atoms with Crippen LogP contribution in [0.1, 0.15) is 86.0 Å². The minimum atomic E-state index is -0.0989. The maximum absolute atomic E-state index is 12.8. The van der Waals surface area contributed by atoms with Crippen LogP contribution in [0.2, 0.25) is 0 Å². The maximum atomic E-state index is 12.8. The first-order valence-corrected chi connectivity index (χ1v) is 14.5. The summed E-state index contributed by atoms with van der Waals surface area (Å²) in [5.74, 6) is 3.18. The van der Waals surface area contributed by atoms with Crippen molar-refractivity contribution in [3.63, 3.8) is 0 Å². The van der Waals surface area contributed by atoms with Crippen LogP contribution in [-0.2, 0) is 0 Å². The number of amides is 1. The highest BCUT2D eigenvalue weighted by molar-refractivity contribution is 7.99. The van der Waals surface area contributed by atoms with Crippen LogP contribution in [-0.4, -0.2) is 30.7 Å². The Bertz CT molecular complexity index is 1040. The molecule has 6 heteroatoms. The number of thioether (sulfide) groups is 1. The Balaban J connectivity index is 1.19. The monoisotopic (exact) mass is 490 g/mol. The van der Waals surface area contributed by atoms with Crippen LogP contribution in [0.3, 0.4) is 0 Å². The van der Waals surface area contributed by atoms with Gasteiger partial charge < -0.3 is 10.6 Å². The molecule has 5 nitrogen and oxygen atoms in total. The number of aliphatic imine (C=N–C) groups is 1. The molecule has 0 bridgehead atoms. The van der Waals surface area contributed by atoms with Crippen LogP contribution < -0.4 is 16.0 Å². The van der Waals surface area contributed by atoms with Crippen molar-refractivity contribution in [2.24, 2.45) is 10.9 Å². The van der Waals surface area contributed by atoms with Gasteiger partial charge in [-0.2, -0.15) is 0 Å². The molecule has 0 spiro atoms. The molecule has 1 amide bonds. The number of nitrogens with one attached hydrogen (secondary N) is 3. The molecular weight excluding hydrogens is 452 g/mol. The van der Waals surface area contributed by atoms with Gasteiger partial charge in [0.15, 0.2) is 5.96 Å². The van der Waals surface area contributed by atoms with E-state index < -0.39 is 0 Å². The van der Waals surface area contributed by atoms with Gasteiger partial charge in [0.25, 0.3) is 5.91 Å². The Hall–Kier alpha value is -2.47. The van der Waals surface area contributed by atoms with Crippen molar-refractivity contribution < 1.29 is 4.79 Å². The summed E-state index contributed by atoms with van der Waals surface area (Å²) in [7, 11) is 0. The Morgan fingerprint density at radius 2 is 1.91 bits per heavy atom. The van der Waals surface area contributed by atoms with Crippen LogP contribution in [0.5, 0.6) is 0 Å². The summed E-state index contributed by atoms with van der Waals surface area (Å²) in [4.78, 5) is 18.5. The molecular formula is C29H38N4OS. The molecule has 0 aromatic heterocycles. The molecule has 1 aliphatic heterocycles. The molecule has 0 atom stereocenters. The van der Waals surface area contributed by atoms with Gasteiger partial charge in [0.05, 0.1) is 0 Å². The molecule has 5 rings (SSSR count). The van der Waals surface area contributed by atoms with Crippen molar-refractivity contribution in [2.75, 3.05) is 24.2 Å². The minimum Gasteiger partial charge on any atom is -0.356 e. The van der Waals surface area contributed by atoms with E-state index in [4.69, 9.17) is 0 Å². The number of carbonyl (C=O) groups is 1. The lowest BCUT2D eigenvalue weighted by Gasteiger charge is -2.21. The number of rotatable bonds is 9. The molecule has 2 aliphatic carbocycles. The number of guanidine groups is 1. The van der Waals surface area contributed by atoms with E-state index in [1.54, 1.807) is 0 Å². The van der Waals surface area contributed by atoms with Crippen molar-refractivity contribution >= 4 is 35.0 Å². The molecule has 0 unspecified atom stereocenters. The second kappa shape index (κ2) is 12.0. The SMILES string of the molecule is O=C(NC1=NCCCN1)c1ccc(Nc2cccc(SCCCC3CCCCC3)c2)c(C2CC2)c1. The average Bonchev–Trinajstić information content (AvgIpc) is 3.74. The van der Waals surface area contributed by atoms with Gasteiger partial charge >= 0.3 is 0 Å². The largest absolute Gasteiger partial charge is 0.356 e. The third-order valence-corrected chi connectivity index (χ3v) is 8.40. The molecule has 2 saturated carbocycles. The van der Waals surface area contributed by atoms with Crippen LogP contribution in [0.4, 0.5) is 11.4 Å². The molecule has 2 fully saturated rings.